The number of methoxy groups -OCH3 is 2. The van der Waals surface area contributed by atoms with Gasteiger partial charge in [-0.25, -0.2) is 0 Å². The Labute approximate surface area is 148 Å². The molecule has 1 aromatic carbocycles. The van der Waals surface area contributed by atoms with Crippen molar-refractivity contribution in [2.24, 2.45) is 0 Å². The van der Waals surface area contributed by atoms with Crippen LogP contribution in [0.5, 0.6) is 11.5 Å². The van der Waals surface area contributed by atoms with Gasteiger partial charge in [0.1, 0.15) is 11.5 Å². The molecule has 0 fully saturated rings. The van der Waals surface area contributed by atoms with Gasteiger partial charge in [-0.15, -0.1) is 0 Å². The molecule has 0 aliphatic carbocycles. The highest BCUT2D eigenvalue weighted by Crippen LogP contribution is 2.29. The third kappa shape index (κ3) is 5.94. The number of rotatable bonds is 10. The van der Waals surface area contributed by atoms with Crippen LogP contribution in [0.15, 0.2) is 18.2 Å². The third-order valence-corrected chi connectivity index (χ3v) is 4.04. The summed E-state index contributed by atoms with van der Waals surface area (Å²) >= 11 is 0. The molecule has 140 valence electrons. The summed E-state index contributed by atoms with van der Waals surface area (Å²) in [6.07, 6.45) is 0.768. The molecule has 0 aromatic heterocycles. The highest BCUT2D eigenvalue weighted by Gasteiger charge is 2.25. The van der Waals surface area contributed by atoms with Crippen LogP contribution in [0.4, 0.5) is 0 Å². The van der Waals surface area contributed by atoms with E-state index in [2.05, 4.69) is 5.32 Å². The van der Waals surface area contributed by atoms with Gasteiger partial charge in [0.05, 0.1) is 32.8 Å². The first kappa shape index (κ1) is 20.8. The first-order valence-corrected chi connectivity index (χ1v) is 8.32. The minimum Gasteiger partial charge on any atom is -0.497 e. The lowest BCUT2D eigenvalue weighted by molar-refractivity contribution is -0.139. The van der Waals surface area contributed by atoms with Crippen LogP contribution in [0.3, 0.4) is 0 Å². The van der Waals surface area contributed by atoms with E-state index in [9.17, 15) is 9.59 Å². The van der Waals surface area contributed by atoms with Crippen molar-refractivity contribution in [2.45, 2.75) is 39.3 Å². The summed E-state index contributed by atoms with van der Waals surface area (Å²) in [5, 5.41) is 11.9. The van der Waals surface area contributed by atoms with Crippen molar-refractivity contribution in [3.63, 3.8) is 0 Å². The minimum absolute atomic E-state index is 0.167. The van der Waals surface area contributed by atoms with Gasteiger partial charge in [-0.1, -0.05) is 6.92 Å². The molecule has 2 N–H and O–H groups in total. The standard InChI is InChI=1S/C18H28N2O5/c1-6-9-20(11-17(21)22)13(3)18(23)19-12(2)15-10-14(24-4)7-8-16(15)25-5/h7-8,10,12-13H,6,9,11H2,1-5H3,(H,19,23)(H,21,22). The number of carboxylic acid groups (broad SMARTS) is 1. The zero-order chi connectivity index (χ0) is 19.0. The SMILES string of the molecule is CCCN(CC(=O)O)C(C)C(=O)NC(C)c1cc(OC)ccc1OC. The van der Waals surface area contributed by atoms with Crippen molar-refractivity contribution in [3.05, 3.63) is 23.8 Å². The van der Waals surface area contributed by atoms with E-state index in [-0.39, 0.29) is 18.5 Å². The lowest BCUT2D eigenvalue weighted by Gasteiger charge is -2.28. The predicted octanol–water partition coefficient (Wildman–Crippen LogP) is 2.07. The number of nitrogens with zero attached hydrogens (tertiary/aromatic N) is 1. The minimum atomic E-state index is -0.949. The second kappa shape index (κ2) is 9.88. The normalized spacial score (nSPS) is 13.2. The molecule has 2 unspecified atom stereocenters. The Bertz CT molecular complexity index is 591. The van der Waals surface area contributed by atoms with Crippen molar-refractivity contribution >= 4 is 11.9 Å². The number of carboxylic acids is 1. The molecular weight excluding hydrogens is 324 g/mol. The van der Waals surface area contributed by atoms with Crippen molar-refractivity contribution in [3.8, 4) is 11.5 Å². The average molecular weight is 352 g/mol. The second-order valence-corrected chi connectivity index (χ2v) is 5.88. The summed E-state index contributed by atoms with van der Waals surface area (Å²) in [6, 6.07) is 4.53. The molecule has 7 heteroatoms. The maximum atomic E-state index is 12.6. The summed E-state index contributed by atoms with van der Waals surface area (Å²) < 4.78 is 10.6. The Balaban J connectivity index is 2.89. The molecule has 0 aliphatic heterocycles. The predicted molar refractivity (Wildman–Crippen MR) is 95.1 cm³/mol. The van der Waals surface area contributed by atoms with E-state index >= 15 is 0 Å². The van der Waals surface area contributed by atoms with Crippen LogP contribution in [0.1, 0.15) is 38.8 Å². The third-order valence-electron chi connectivity index (χ3n) is 4.04. The van der Waals surface area contributed by atoms with Crippen molar-refractivity contribution in [1.82, 2.24) is 10.2 Å². The Hall–Kier alpha value is -2.28. The fraction of sp³-hybridized carbons (Fsp3) is 0.556. The van der Waals surface area contributed by atoms with Crippen LogP contribution in [0, 0.1) is 0 Å². The van der Waals surface area contributed by atoms with Gasteiger partial charge in [0, 0.05) is 5.56 Å². The molecule has 2 atom stereocenters. The lowest BCUT2D eigenvalue weighted by Crippen LogP contribution is -2.47. The lowest BCUT2D eigenvalue weighted by atomic mass is 10.1. The Morgan fingerprint density at radius 3 is 2.44 bits per heavy atom. The summed E-state index contributed by atoms with van der Waals surface area (Å²) in [5.74, 6) is 0.142. The number of hydrogen-bond acceptors (Lipinski definition) is 5. The zero-order valence-electron chi connectivity index (χ0n) is 15.5. The van der Waals surface area contributed by atoms with Gasteiger partial charge < -0.3 is 19.9 Å². The van der Waals surface area contributed by atoms with Crippen LogP contribution < -0.4 is 14.8 Å². The van der Waals surface area contributed by atoms with E-state index in [1.54, 1.807) is 38.2 Å². The topological polar surface area (TPSA) is 88.1 Å². The summed E-state index contributed by atoms with van der Waals surface area (Å²) in [4.78, 5) is 25.2. The summed E-state index contributed by atoms with van der Waals surface area (Å²) in [6.45, 7) is 5.88. The Morgan fingerprint density at radius 1 is 1.24 bits per heavy atom. The molecule has 0 saturated carbocycles. The molecule has 0 aliphatic rings. The molecule has 1 rings (SSSR count). The molecule has 0 spiro atoms. The molecule has 0 heterocycles. The monoisotopic (exact) mass is 352 g/mol. The zero-order valence-corrected chi connectivity index (χ0v) is 15.5. The van der Waals surface area contributed by atoms with Crippen molar-refractivity contribution in [1.29, 1.82) is 0 Å². The molecule has 25 heavy (non-hydrogen) atoms. The second-order valence-electron chi connectivity index (χ2n) is 5.88. The molecule has 1 aromatic rings. The fourth-order valence-corrected chi connectivity index (χ4v) is 2.63. The molecular formula is C18H28N2O5. The number of carbonyl (C=O) groups excluding carboxylic acids is 1. The van der Waals surface area contributed by atoms with Gasteiger partial charge in [-0.3, -0.25) is 14.5 Å². The molecule has 7 nitrogen and oxygen atoms in total. The molecule has 0 radical (unpaired) electrons. The van der Waals surface area contributed by atoms with Gasteiger partial charge in [-0.2, -0.15) is 0 Å². The van der Waals surface area contributed by atoms with E-state index in [1.165, 1.54) is 0 Å². The molecule has 0 saturated heterocycles. The fourth-order valence-electron chi connectivity index (χ4n) is 2.63. The van der Waals surface area contributed by atoms with Crippen LogP contribution in [-0.2, 0) is 9.59 Å². The van der Waals surface area contributed by atoms with E-state index < -0.39 is 12.0 Å². The number of ether oxygens (including phenoxy) is 2. The van der Waals surface area contributed by atoms with Crippen LogP contribution in [0.25, 0.3) is 0 Å². The Morgan fingerprint density at radius 2 is 1.92 bits per heavy atom. The van der Waals surface area contributed by atoms with E-state index in [1.807, 2.05) is 19.9 Å². The highest BCUT2D eigenvalue weighted by molar-refractivity contribution is 5.82. The van der Waals surface area contributed by atoms with Gasteiger partial charge in [-0.05, 0) is 45.0 Å². The quantitative estimate of drug-likeness (QED) is 0.670. The van der Waals surface area contributed by atoms with Crippen LogP contribution in [0.2, 0.25) is 0 Å². The number of hydrogen-bond donors (Lipinski definition) is 2. The number of nitrogens with one attached hydrogen (secondary N) is 1. The largest absolute Gasteiger partial charge is 0.497 e. The number of aliphatic carboxylic acids is 1. The maximum absolute atomic E-state index is 12.6. The van der Waals surface area contributed by atoms with E-state index in [4.69, 9.17) is 14.6 Å². The Kier molecular flexibility index (Phi) is 8.21. The van der Waals surface area contributed by atoms with Gasteiger partial charge >= 0.3 is 5.97 Å². The first-order chi connectivity index (χ1) is 11.8. The summed E-state index contributed by atoms with van der Waals surface area (Å²) in [5.41, 5.74) is 0.794. The van der Waals surface area contributed by atoms with Crippen molar-refractivity contribution in [2.75, 3.05) is 27.3 Å². The van der Waals surface area contributed by atoms with Gasteiger partial charge in [0.15, 0.2) is 0 Å². The average Bonchev–Trinajstić information content (AvgIpc) is 2.59. The van der Waals surface area contributed by atoms with Crippen LogP contribution >= 0.6 is 0 Å². The first-order valence-electron chi connectivity index (χ1n) is 8.32. The summed E-state index contributed by atoms with van der Waals surface area (Å²) in [7, 11) is 3.14. The van der Waals surface area contributed by atoms with Gasteiger partial charge in [0.2, 0.25) is 5.91 Å². The highest BCUT2D eigenvalue weighted by atomic mass is 16.5. The molecule has 1 amide bonds. The van der Waals surface area contributed by atoms with E-state index in [0.29, 0.717) is 18.0 Å². The number of carbonyl (C=O) groups is 2. The van der Waals surface area contributed by atoms with E-state index in [0.717, 1.165) is 12.0 Å². The number of amides is 1. The molecule has 0 bridgehead atoms. The van der Waals surface area contributed by atoms with Gasteiger partial charge in [0.25, 0.3) is 0 Å². The van der Waals surface area contributed by atoms with Crippen LogP contribution in [-0.4, -0.2) is 55.2 Å². The number of benzene rings is 1. The van der Waals surface area contributed by atoms with Crippen molar-refractivity contribution < 1.29 is 24.2 Å². The maximum Gasteiger partial charge on any atom is 0.317 e. The smallest absolute Gasteiger partial charge is 0.317 e.